The van der Waals surface area contributed by atoms with Gasteiger partial charge in [-0.05, 0) is 138 Å². The molecule has 0 aliphatic heterocycles. The van der Waals surface area contributed by atoms with Gasteiger partial charge in [-0.3, -0.25) is 0 Å². The van der Waals surface area contributed by atoms with Gasteiger partial charge in [0, 0.05) is 13.0 Å². The van der Waals surface area contributed by atoms with Crippen LogP contribution in [-0.2, 0) is 0 Å². The third kappa shape index (κ3) is 17.4. The molecular weight excluding hydrogens is 1040 g/mol. The van der Waals surface area contributed by atoms with E-state index in [1.807, 2.05) is 60.7 Å². The lowest BCUT2D eigenvalue weighted by Crippen LogP contribution is -2.06. The fourth-order valence-corrected chi connectivity index (χ4v) is 10.0. The molecule has 7 nitrogen and oxygen atoms in total. The Bertz CT molecular complexity index is 3910. The number of hydrogen-bond acceptors (Lipinski definition) is 6. The first kappa shape index (κ1) is 61.9. The number of oxime groups is 1. The highest BCUT2D eigenvalue weighted by atomic mass is 16.5. The van der Waals surface area contributed by atoms with Crippen LogP contribution in [0.3, 0.4) is 0 Å². The molecule has 7 heteroatoms. The van der Waals surface area contributed by atoms with Crippen LogP contribution in [0.1, 0.15) is 126 Å². The molecular formula is C78H73N5O2. The topological polar surface area (TPSA) is 121 Å². The van der Waals surface area contributed by atoms with Gasteiger partial charge < -0.3 is 15.5 Å². The van der Waals surface area contributed by atoms with Crippen LogP contribution in [0.2, 0.25) is 0 Å². The van der Waals surface area contributed by atoms with Crippen molar-refractivity contribution in [3.8, 4) is 6.07 Å². The number of nitrogens with zero attached hydrogens (tertiary/aromatic N) is 4. The predicted molar refractivity (Wildman–Crippen MR) is 358 cm³/mol. The smallest absolute Gasteiger partial charge is 0.223 e. The average molecular weight is 1110 g/mol. The van der Waals surface area contributed by atoms with Crippen molar-refractivity contribution in [1.82, 2.24) is 10.1 Å². The minimum atomic E-state index is 0. The summed E-state index contributed by atoms with van der Waals surface area (Å²) in [6.07, 6.45) is 13.4. The number of hydrogen-bond donors (Lipinski definition) is 2. The largest absolute Gasteiger partial charge is 0.409 e. The van der Waals surface area contributed by atoms with Crippen LogP contribution in [0.5, 0.6) is 0 Å². The first-order valence-corrected chi connectivity index (χ1v) is 28.3. The molecule has 0 saturated heterocycles. The van der Waals surface area contributed by atoms with Crippen LogP contribution in [0, 0.1) is 18.3 Å². The van der Waals surface area contributed by atoms with Crippen LogP contribution in [0.15, 0.2) is 277 Å². The molecule has 422 valence electrons. The van der Waals surface area contributed by atoms with Gasteiger partial charge in [-0.2, -0.15) is 10.2 Å². The van der Waals surface area contributed by atoms with E-state index >= 15 is 0 Å². The molecule has 1 aromatic heterocycles. The van der Waals surface area contributed by atoms with Crippen molar-refractivity contribution in [2.75, 3.05) is 0 Å². The molecule has 10 rings (SSSR count). The highest BCUT2D eigenvalue weighted by Crippen LogP contribution is 2.37. The summed E-state index contributed by atoms with van der Waals surface area (Å²) in [7, 11) is 0. The Morgan fingerprint density at radius 3 is 1.01 bits per heavy atom. The first-order chi connectivity index (χ1) is 41.3. The molecule has 0 atom stereocenters. The van der Waals surface area contributed by atoms with Crippen LogP contribution >= 0.6 is 0 Å². The molecule has 10 aromatic rings. The van der Waals surface area contributed by atoms with Crippen molar-refractivity contribution in [2.45, 2.75) is 54.4 Å². The summed E-state index contributed by atoms with van der Waals surface area (Å²) < 4.78 is 5.01. The van der Waals surface area contributed by atoms with Crippen molar-refractivity contribution < 1.29 is 9.73 Å². The lowest BCUT2D eigenvalue weighted by Gasteiger charge is -2.16. The Balaban J connectivity index is 0.000000182. The van der Waals surface area contributed by atoms with E-state index in [0.29, 0.717) is 11.7 Å². The zero-order valence-electron chi connectivity index (χ0n) is 48.1. The van der Waals surface area contributed by atoms with Gasteiger partial charge in [0.05, 0.1) is 6.07 Å². The fourth-order valence-electron chi connectivity index (χ4n) is 10.0. The Morgan fingerprint density at radius 1 is 0.435 bits per heavy atom. The second kappa shape index (κ2) is 32.7. The lowest BCUT2D eigenvalue weighted by molar-refractivity contribution is 0.319. The summed E-state index contributed by atoms with van der Waals surface area (Å²) in [5.41, 5.74) is 27.3. The maximum atomic E-state index is 8.71. The first-order valence-electron chi connectivity index (χ1n) is 28.3. The van der Waals surface area contributed by atoms with Crippen LogP contribution in [-0.4, -0.2) is 21.2 Å². The number of benzene rings is 9. The van der Waals surface area contributed by atoms with Gasteiger partial charge in [0.25, 0.3) is 0 Å². The maximum Gasteiger partial charge on any atom is 0.223 e. The molecule has 0 bridgehead atoms. The summed E-state index contributed by atoms with van der Waals surface area (Å²) in [4.78, 5) is 4.21. The SMILES string of the molecule is C.CC/C(=C(\c1ccccc1)c1ccc(/C=C/C#N)cc1)c1ccccc1.CC/C(=C(\c1ccccc1)c1ccc(/C=C/C(N)=N/O)cc1)c1ccccc1.CC/C(=C(\c1ccccc1)c1ccc(/C=C/c2noc(C)n2)cc1)c1ccccc1. The number of allylic oxidation sites excluding steroid dienone is 4. The minimum Gasteiger partial charge on any atom is -0.409 e. The Morgan fingerprint density at radius 2 is 0.729 bits per heavy atom. The van der Waals surface area contributed by atoms with Crippen molar-refractivity contribution in [3.05, 3.63) is 345 Å². The molecule has 9 aromatic carbocycles. The number of rotatable bonds is 17. The van der Waals surface area contributed by atoms with E-state index in [9.17, 15) is 0 Å². The molecule has 0 aliphatic rings. The molecule has 1 heterocycles. The minimum absolute atomic E-state index is 0. The van der Waals surface area contributed by atoms with Crippen LogP contribution in [0.25, 0.3) is 57.7 Å². The molecule has 0 unspecified atom stereocenters. The molecule has 85 heavy (non-hydrogen) atoms. The molecule has 0 amide bonds. The van der Waals surface area contributed by atoms with Gasteiger partial charge in [-0.1, -0.05) is 305 Å². The van der Waals surface area contributed by atoms with Crippen molar-refractivity contribution in [2.24, 2.45) is 10.9 Å². The molecule has 3 N–H and O–H groups in total. The van der Waals surface area contributed by atoms with E-state index in [2.05, 4.69) is 261 Å². The lowest BCUT2D eigenvalue weighted by atomic mass is 9.88. The van der Waals surface area contributed by atoms with E-state index in [-0.39, 0.29) is 13.3 Å². The standard InChI is InChI=1S/C27H24N2O.C25H24N2O.C25H21N.CH4/c1-3-25(22-10-6-4-7-11-22)27(23-12-8-5-9-13-23)24-17-14-21(15-18-24)16-19-26-28-20(2)30-29-26;1-2-23(20-9-5-3-6-10-20)25(21-11-7-4-8-12-21)22-16-13-19(14-17-22)15-18-24(26)27-28;1-2-24(21-11-5-3-6-12-21)25(22-13-7-4-8-14-22)23-17-15-20(16-18-23)10-9-19-26;/h4-19H,3H2,1-2H3;3-18,28H,2H2,1H3,(H2,26,27);3-18H,2H2,1H3;1H4/b19-16+,27-25-;18-15+,25-23-;10-9+,25-24-;. The Kier molecular flexibility index (Phi) is 23.8. The van der Waals surface area contributed by atoms with Gasteiger partial charge in [0.1, 0.15) is 0 Å². The van der Waals surface area contributed by atoms with Crippen LogP contribution in [0.4, 0.5) is 0 Å². The number of aryl methyl sites for hydroxylation is 1. The third-order valence-electron chi connectivity index (χ3n) is 14.0. The van der Waals surface area contributed by atoms with Gasteiger partial charge in [-0.15, -0.1) is 0 Å². The summed E-state index contributed by atoms with van der Waals surface area (Å²) in [5, 5.41) is 24.2. The summed E-state index contributed by atoms with van der Waals surface area (Å²) in [5.74, 6) is 1.22. The van der Waals surface area contributed by atoms with E-state index in [1.165, 1.54) is 84.0 Å². The Labute approximate surface area is 502 Å². The summed E-state index contributed by atoms with van der Waals surface area (Å²) >= 11 is 0. The number of aromatic nitrogens is 2. The average Bonchev–Trinajstić information content (AvgIpc) is 3.94. The van der Waals surface area contributed by atoms with E-state index < -0.39 is 0 Å². The monoisotopic (exact) mass is 1110 g/mol. The summed E-state index contributed by atoms with van der Waals surface area (Å²) in [6, 6.07) is 90.7. The van der Waals surface area contributed by atoms with Crippen LogP contribution < -0.4 is 5.73 Å². The maximum absolute atomic E-state index is 8.71. The molecule has 0 radical (unpaired) electrons. The highest BCUT2D eigenvalue weighted by molar-refractivity contribution is 6.01. The Hall–Kier alpha value is -10.7. The number of amidine groups is 1. The van der Waals surface area contributed by atoms with Gasteiger partial charge in [-0.25, -0.2) is 0 Å². The van der Waals surface area contributed by atoms with Gasteiger partial charge in [0.15, 0.2) is 11.7 Å². The second-order valence-electron chi connectivity index (χ2n) is 19.5. The normalized spacial score (nSPS) is 12.2. The summed E-state index contributed by atoms with van der Waals surface area (Å²) in [6.45, 7) is 8.40. The number of nitriles is 1. The van der Waals surface area contributed by atoms with Crippen molar-refractivity contribution in [3.63, 3.8) is 0 Å². The number of nitrogens with two attached hydrogens (primary N) is 1. The second-order valence-corrected chi connectivity index (χ2v) is 19.5. The quantitative estimate of drug-likeness (QED) is 0.0234. The predicted octanol–water partition coefficient (Wildman–Crippen LogP) is 20.0. The molecule has 0 aliphatic carbocycles. The highest BCUT2D eigenvalue weighted by Gasteiger charge is 2.16. The van der Waals surface area contributed by atoms with E-state index in [0.717, 1.165) is 41.5 Å². The third-order valence-corrected chi connectivity index (χ3v) is 14.0. The van der Waals surface area contributed by atoms with Crippen molar-refractivity contribution >= 4 is 63.6 Å². The molecule has 0 spiro atoms. The zero-order chi connectivity index (χ0) is 58.7. The van der Waals surface area contributed by atoms with Crippen molar-refractivity contribution in [1.29, 1.82) is 5.26 Å². The van der Waals surface area contributed by atoms with Gasteiger partial charge >= 0.3 is 0 Å². The van der Waals surface area contributed by atoms with E-state index in [1.54, 1.807) is 13.0 Å². The van der Waals surface area contributed by atoms with E-state index in [4.69, 9.17) is 20.7 Å². The fraction of sp³-hybridized carbons (Fsp3) is 0.103. The molecule has 0 saturated carbocycles. The molecule has 0 fully saturated rings. The zero-order valence-corrected chi connectivity index (χ0v) is 48.1. The van der Waals surface area contributed by atoms with Gasteiger partial charge in [0.2, 0.25) is 5.89 Å².